The molecule has 0 amide bonds. The summed E-state index contributed by atoms with van der Waals surface area (Å²) in [6, 6.07) is 7.04. The molecule has 19 heavy (non-hydrogen) atoms. The molecule has 3 rings (SSSR count). The minimum atomic E-state index is -0.342. The fraction of sp³-hybridized carbons (Fsp3) is 0.429. The second kappa shape index (κ2) is 5.01. The standard InChI is InChI=1S/C14H16N2O3/c17-16(18)13-2-1-12-3-6-15(14(12)9-13)10-11-4-7-19-8-5-11/h1-3,6,9,11H,4-5,7-8,10H2. The van der Waals surface area contributed by atoms with Gasteiger partial charge in [0.1, 0.15) is 0 Å². The minimum Gasteiger partial charge on any atom is -0.381 e. The number of ether oxygens (including phenoxy) is 1. The summed E-state index contributed by atoms with van der Waals surface area (Å²) < 4.78 is 7.48. The molecule has 2 heterocycles. The molecular formula is C14H16N2O3. The van der Waals surface area contributed by atoms with E-state index in [9.17, 15) is 10.1 Å². The molecule has 0 spiro atoms. The van der Waals surface area contributed by atoms with Gasteiger partial charge in [-0.15, -0.1) is 0 Å². The van der Waals surface area contributed by atoms with Gasteiger partial charge in [0.15, 0.2) is 0 Å². The van der Waals surface area contributed by atoms with Crippen LogP contribution in [0.15, 0.2) is 30.5 Å². The first-order valence-electron chi connectivity index (χ1n) is 6.55. The van der Waals surface area contributed by atoms with E-state index in [0.717, 1.165) is 43.5 Å². The summed E-state index contributed by atoms with van der Waals surface area (Å²) in [5, 5.41) is 11.9. The summed E-state index contributed by atoms with van der Waals surface area (Å²) >= 11 is 0. The van der Waals surface area contributed by atoms with Gasteiger partial charge >= 0.3 is 0 Å². The van der Waals surface area contributed by atoms with E-state index in [2.05, 4.69) is 4.57 Å². The van der Waals surface area contributed by atoms with Gasteiger partial charge in [0, 0.05) is 43.5 Å². The molecule has 5 heteroatoms. The normalized spacial score (nSPS) is 16.8. The molecule has 0 aliphatic carbocycles. The number of non-ortho nitro benzene ring substituents is 1. The molecule has 1 aromatic carbocycles. The van der Waals surface area contributed by atoms with Crippen molar-refractivity contribution in [2.24, 2.45) is 5.92 Å². The molecule has 0 unspecified atom stereocenters. The lowest BCUT2D eigenvalue weighted by molar-refractivity contribution is -0.384. The summed E-state index contributed by atoms with van der Waals surface area (Å²) in [6.07, 6.45) is 4.15. The fourth-order valence-corrected chi connectivity index (χ4v) is 2.65. The third-order valence-electron chi connectivity index (χ3n) is 3.76. The van der Waals surface area contributed by atoms with Crippen LogP contribution in [0.25, 0.3) is 10.9 Å². The summed E-state index contributed by atoms with van der Waals surface area (Å²) in [5.41, 5.74) is 1.10. The van der Waals surface area contributed by atoms with E-state index >= 15 is 0 Å². The summed E-state index contributed by atoms with van der Waals surface area (Å²) in [5.74, 6) is 0.601. The Hall–Kier alpha value is -1.88. The Labute approximate surface area is 110 Å². The molecule has 0 N–H and O–H groups in total. The van der Waals surface area contributed by atoms with Crippen LogP contribution < -0.4 is 0 Å². The van der Waals surface area contributed by atoms with Gasteiger partial charge in [0.05, 0.1) is 10.4 Å². The first-order valence-corrected chi connectivity index (χ1v) is 6.55. The highest BCUT2D eigenvalue weighted by Crippen LogP contribution is 2.24. The molecule has 5 nitrogen and oxygen atoms in total. The van der Waals surface area contributed by atoms with Crippen molar-refractivity contribution in [3.05, 3.63) is 40.6 Å². The Bertz CT molecular complexity index is 600. The topological polar surface area (TPSA) is 57.3 Å². The number of nitro groups is 1. The van der Waals surface area contributed by atoms with Crippen molar-refractivity contribution < 1.29 is 9.66 Å². The molecular weight excluding hydrogens is 244 g/mol. The number of nitro benzene ring substituents is 1. The molecule has 1 aliphatic heterocycles. The van der Waals surface area contributed by atoms with E-state index in [-0.39, 0.29) is 10.6 Å². The summed E-state index contributed by atoms with van der Waals surface area (Å²) in [6.45, 7) is 2.56. The lowest BCUT2D eigenvalue weighted by atomic mass is 10.0. The Kier molecular flexibility index (Phi) is 3.21. The molecule has 2 aromatic rings. The van der Waals surface area contributed by atoms with Gasteiger partial charge in [-0.1, -0.05) is 0 Å². The number of benzene rings is 1. The molecule has 1 aromatic heterocycles. The van der Waals surface area contributed by atoms with E-state index in [0.29, 0.717) is 5.92 Å². The number of rotatable bonds is 3. The van der Waals surface area contributed by atoms with Crippen LogP contribution in [0.2, 0.25) is 0 Å². The summed E-state index contributed by atoms with van der Waals surface area (Å²) in [7, 11) is 0. The average molecular weight is 260 g/mol. The Morgan fingerprint density at radius 3 is 2.84 bits per heavy atom. The Morgan fingerprint density at radius 2 is 2.11 bits per heavy atom. The number of aromatic nitrogens is 1. The monoisotopic (exact) mass is 260 g/mol. The summed E-state index contributed by atoms with van der Waals surface area (Å²) in [4.78, 5) is 10.5. The maximum atomic E-state index is 10.8. The fourth-order valence-electron chi connectivity index (χ4n) is 2.65. The molecule has 1 aliphatic rings. The van der Waals surface area contributed by atoms with Gasteiger partial charge in [0.25, 0.3) is 5.69 Å². The number of hydrogen-bond acceptors (Lipinski definition) is 3. The van der Waals surface area contributed by atoms with Gasteiger partial charge in [-0.2, -0.15) is 0 Å². The van der Waals surface area contributed by atoms with Gasteiger partial charge < -0.3 is 9.30 Å². The van der Waals surface area contributed by atoms with Gasteiger partial charge in [0.2, 0.25) is 0 Å². The second-order valence-electron chi connectivity index (χ2n) is 5.02. The predicted octanol–water partition coefficient (Wildman–Crippen LogP) is 2.98. The van der Waals surface area contributed by atoms with Crippen LogP contribution in [0.5, 0.6) is 0 Å². The van der Waals surface area contributed by atoms with Crippen LogP contribution >= 0.6 is 0 Å². The second-order valence-corrected chi connectivity index (χ2v) is 5.02. The van der Waals surface area contributed by atoms with Crippen molar-refractivity contribution in [2.75, 3.05) is 13.2 Å². The molecule has 0 saturated carbocycles. The van der Waals surface area contributed by atoms with Crippen LogP contribution in [0.4, 0.5) is 5.69 Å². The maximum absolute atomic E-state index is 10.8. The van der Waals surface area contributed by atoms with Crippen molar-refractivity contribution in [1.29, 1.82) is 0 Å². The molecule has 0 bridgehead atoms. The van der Waals surface area contributed by atoms with E-state index in [1.165, 1.54) is 0 Å². The van der Waals surface area contributed by atoms with E-state index in [1.54, 1.807) is 12.1 Å². The Morgan fingerprint density at radius 1 is 1.32 bits per heavy atom. The lowest BCUT2D eigenvalue weighted by Crippen LogP contribution is -2.20. The molecule has 0 atom stereocenters. The largest absolute Gasteiger partial charge is 0.381 e. The maximum Gasteiger partial charge on any atom is 0.271 e. The Balaban J connectivity index is 1.89. The van der Waals surface area contributed by atoms with E-state index < -0.39 is 0 Å². The van der Waals surface area contributed by atoms with Crippen molar-refractivity contribution in [3.63, 3.8) is 0 Å². The van der Waals surface area contributed by atoms with Crippen molar-refractivity contribution >= 4 is 16.6 Å². The quantitative estimate of drug-likeness (QED) is 0.629. The van der Waals surface area contributed by atoms with Crippen LogP contribution in [0, 0.1) is 16.0 Å². The molecule has 100 valence electrons. The van der Waals surface area contributed by atoms with Crippen molar-refractivity contribution in [2.45, 2.75) is 19.4 Å². The molecule has 1 fully saturated rings. The van der Waals surface area contributed by atoms with Crippen molar-refractivity contribution in [3.8, 4) is 0 Å². The average Bonchev–Trinajstić information content (AvgIpc) is 2.82. The zero-order valence-electron chi connectivity index (χ0n) is 10.6. The predicted molar refractivity (Wildman–Crippen MR) is 72.1 cm³/mol. The van der Waals surface area contributed by atoms with Crippen LogP contribution in [0.1, 0.15) is 12.8 Å². The first kappa shape index (κ1) is 12.2. The van der Waals surface area contributed by atoms with E-state index in [4.69, 9.17) is 4.74 Å². The number of nitrogens with zero attached hydrogens (tertiary/aromatic N) is 2. The highest BCUT2D eigenvalue weighted by atomic mass is 16.6. The highest BCUT2D eigenvalue weighted by Gasteiger charge is 2.16. The smallest absolute Gasteiger partial charge is 0.271 e. The van der Waals surface area contributed by atoms with Crippen LogP contribution in [-0.2, 0) is 11.3 Å². The zero-order chi connectivity index (χ0) is 13.2. The van der Waals surface area contributed by atoms with Crippen LogP contribution in [0.3, 0.4) is 0 Å². The van der Waals surface area contributed by atoms with Crippen LogP contribution in [-0.4, -0.2) is 22.7 Å². The van der Waals surface area contributed by atoms with Crippen molar-refractivity contribution in [1.82, 2.24) is 4.57 Å². The molecule has 0 radical (unpaired) electrons. The number of fused-ring (bicyclic) bond motifs is 1. The zero-order valence-corrected chi connectivity index (χ0v) is 10.6. The SMILES string of the molecule is O=[N+]([O-])c1ccc2ccn(CC3CCOCC3)c2c1. The third kappa shape index (κ3) is 2.46. The third-order valence-corrected chi connectivity index (χ3v) is 3.76. The first-order chi connectivity index (χ1) is 9.24. The minimum absolute atomic E-state index is 0.152. The van der Waals surface area contributed by atoms with Gasteiger partial charge in [-0.3, -0.25) is 10.1 Å². The molecule has 1 saturated heterocycles. The highest BCUT2D eigenvalue weighted by molar-refractivity contribution is 5.82. The van der Waals surface area contributed by atoms with Gasteiger partial charge in [-0.05, 0) is 30.9 Å². The number of hydrogen-bond donors (Lipinski definition) is 0. The van der Waals surface area contributed by atoms with Gasteiger partial charge in [-0.25, -0.2) is 0 Å². The lowest BCUT2D eigenvalue weighted by Gasteiger charge is -2.22. The van der Waals surface area contributed by atoms with E-state index in [1.807, 2.05) is 18.3 Å².